The fourth-order valence-electron chi connectivity index (χ4n) is 5.99. The van der Waals surface area contributed by atoms with Crippen molar-refractivity contribution in [3.05, 3.63) is 48.3 Å². The normalized spacial score (nSPS) is 24.1. The number of anilines is 1. The van der Waals surface area contributed by atoms with Crippen molar-refractivity contribution in [3.63, 3.8) is 0 Å². The lowest BCUT2D eigenvalue weighted by atomic mass is 9.78. The number of amides is 2. The molecule has 1 aromatic carbocycles. The number of hydrogen-bond acceptors (Lipinski definition) is 6. The maximum absolute atomic E-state index is 12.9. The van der Waals surface area contributed by atoms with Crippen LogP contribution in [0.25, 0.3) is 10.1 Å². The second-order valence-electron chi connectivity index (χ2n) is 9.93. The van der Waals surface area contributed by atoms with Crippen LogP contribution in [0.3, 0.4) is 0 Å². The molecule has 2 aromatic heterocycles. The monoisotopic (exact) mass is 477 g/mol. The molecule has 1 saturated heterocycles. The van der Waals surface area contributed by atoms with Gasteiger partial charge in [-0.05, 0) is 60.5 Å². The minimum Gasteiger partial charge on any atom is -0.353 e. The first-order valence-corrected chi connectivity index (χ1v) is 13.3. The molecule has 178 valence electrons. The highest BCUT2D eigenvalue weighted by molar-refractivity contribution is 7.13. The van der Waals surface area contributed by atoms with Crippen LogP contribution in [0.2, 0.25) is 0 Å². The van der Waals surface area contributed by atoms with Crippen molar-refractivity contribution >= 4 is 39.4 Å². The van der Waals surface area contributed by atoms with Gasteiger partial charge in [-0.15, -0.1) is 0 Å². The number of piperazine rings is 1. The molecular formula is C26H31N5O2S. The summed E-state index contributed by atoms with van der Waals surface area (Å²) in [6.07, 6.45) is 6.83. The fourth-order valence-corrected chi connectivity index (χ4v) is 6.78. The van der Waals surface area contributed by atoms with E-state index >= 15 is 0 Å². The van der Waals surface area contributed by atoms with Gasteiger partial charge in [0.15, 0.2) is 0 Å². The zero-order chi connectivity index (χ0) is 23.1. The van der Waals surface area contributed by atoms with Crippen molar-refractivity contribution in [1.82, 2.24) is 18.7 Å². The second kappa shape index (κ2) is 9.15. The van der Waals surface area contributed by atoms with E-state index in [2.05, 4.69) is 34.1 Å². The van der Waals surface area contributed by atoms with Crippen molar-refractivity contribution in [2.75, 3.05) is 44.2 Å². The van der Waals surface area contributed by atoms with Crippen molar-refractivity contribution in [2.24, 2.45) is 11.8 Å². The van der Waals surface area contributed by atoms with Gasteiger partial charge in [0, 0.05) is 56.5 Å². The number of nitrogens with zero attached hydrogens (tertiary/aromatic N) is 5. The van der Waals surface area contributed by atoms with E-state index in [1.165, 1.54) is 34.2 Å². The lowest BCUT2D eigenvalue weighted by Crippen LogP contribution is -2.51. The van der Waals surface area contributed by atoms with Crippen LogP contribution >= 0.6 is 11.5 Å². The molecule has 0 N–H and O–H groups in total. The summed E-state index contributed by atoms with van der Waals surface area (Å²) in [5.41, 5.74) is 0.803. The van der Waals surface area contributed by atoms with Gasteiger partial charge in [-0.3, -0.25) is 19.2 Å². The number of hydrogen-bond donors (Lipinski definition) is 0. The summed E-state index contributed by atoms with van der Waals surface area (Å²) in [5, 5.41) is 1.26. The first-order valence-electron chi connectivity index (χ1n) is 12.5. The van der Waals surface area contributed by atoms with Crippen molar-refractivity contribution in [3.8, 4) is 0 Å². The standard InChI is InChI=1S/C26H31N5O2S/c32-24-16-21-8-5-11-30(21)26(33)31(24)18-20-7-2-1-6-19(20)17-28-12-14-29(15-13-28)25-22-9-3-4-10-23(22)34-27-25/h3-5,8-11,19-20H,1-2,6-7,12-18H2. The number of benzene rings is 1. The zero-order valence-electron chi connectivity index (χ0n) is 19.4. The predicted molar refractivity (Wildman–Crippen MR) is 134 cm³/mol. The molecule has 34 heavy (non-hydrogen) atoms. The molecule has 3 aromatic rings. The van der Waals surface area contributed by atoms with Crippen LogP contribution in [-0.2, 0) is 11.2 Å². The Morgan fingerprint density at radius 3 is 2.50 bits per heavy atom. The summed E-state index contributed by atoms with van der Waals surface area (Å²) in [6.45, 7) is 5.66. The summed E-state index contributed by atoms with van der Waals surface area (Å²) < 4.78 is 7.63. The van der Waals surface area contributed by atoms with E-state index < -0.39 is 0 Å². The lowest BCUT2D eigenvalue weighted by Gasteiger charge is -2.41. The van der Waals surface area contributed by atoms with E-state index in [0.29, 0.717) is 24.8 Å². The van der Waals surface area contributed by atoms with Crippen molar-refractivity contribution < 1.29 is 9.59 Å². The summed E-state index contributed by atoms with van der Waals surface area (Å²) >= 11 is 1.58. The van der Waals surface area contributed by atoms with E-state index in [1.807, 2.05) is 12.1 Å². The third kappa shape index (κ3) is 4.03. The van der Waals surface area contributed by atoms with Gasteiger partial charge in [-0.25, -0.2) is 4.79 Å². The molecule has 3 aliphatic rings. The van der Waals surface area contributed by atoms with Gasteiger partial charge in [0.1, 0.15) is 5.82 Å². The van der Waals surface area contributed by atoms with E-state index in [0.717, 1.165) is 50.7 Å². The number of carbonyl (C=O) groups is 2. The van der Waals surface area contributed by atoms with Crippen molar-refractivity contribution in [2.45, 2.75) is 32.1 Å². The highest BCUT2D eigenvalue weighted by Gasteiger charge is 2.36. The maximum Gasteiger partial charge on any atom is 0.335 e. The van der Waals surface area contributed by atoms with Gasteiger partial charge in [-0.2, -0.15) is 4.37 Å². The van der Waals surface area contributed by atoms with Crippen LogP contribution in [-0.4, -0.2) is 69.9 Å². The van der Waals surface area contributed by atoms with Crippen LogP contribution in [0.15, 0.2) is 42.6 Å². The third-order valence-electron chi connectivity index (χ3n) is 7.91. The van der Waals surface area contributed by atoms with Crippen LogP contribution in [0.4, 0.5) is 10.6 Å². The Morgan fingerprint density at radius 1 is 0.912 bits per heavy atom. The molecule has 2 atom stereocenters. The zero-order valence-corrected chi connectivity index (χ0v) is 20.3. The molecule has 4 heterocycles. The molecule has 1 aliphatic carbocycles. The number of carbonyl (C=O) groups excluding carboxylic acids is 2. The number of fused-ring (bicyclic) bond motifs is 2. The first kappa shape index (κ1) is 21.8. The van der Waals surface area contributed by atoms with Crippen LogP contribution in [0, 0.1) is 11.8 Å². The summed E-state index contributed by atoms with van der Waals surface area (Å²) in [6, 6.07) is 12.0. The molecule has 8 heteroatoms. The molecule has 1 saturated carbocycles. The Labute approximate surface area is 204 Å². The summed E-state index contributed by atoms with van der Waals surface area (Å²) in [4.78, 5) is 32.2. The molecule has 7 nitrogen and oxygen atoms in total. The summed E-state index contributed by atoms with van der Waals surface area (Å²) in [7, 11) is 0. The predicted octanol–water partition coefficient (Wildman–Crippen LogP) is 4.08. The van der Waals surface area contributed by atoms with Gasteiger partial charge in [0.05, 0.1) is 11.1 Å². The van der Waals surface area contributed by atoms with E-state index in [4.69, 9.17) is 4.37 Å². The largest absolute Gasteiger partial charge is 0.353 e. The lowest BCUT2D eigenvalue weighted by molar-refractivity contribution is -0.129. The van der Waals surface area contributed by atoms with Crippen LogP contribution < -0.4 is 4.90 Å². The topological polar surface area (TPSA) is 61.7 Å². The quantitative estimate of drug-likeness (QED) is 0.554. The molecular weight excluding hydrogens is 446 g/mol. The second-order valence-corrected chi connectivity index (χ2v) is 10.7. The van der Waals surface area contributed by atoms with Gasteiger partial charge < -0.3 is 4.90 Å². The highest BCUT2D eigenvalue weighted by Crippen LogP contribution is 2.34. The van der Waals surface area contributed by atoms with E-state index in [1.54, 1.807) is 22.3 Å². The number of aromatic nitrogens is 2. The highest BCUT2D eigenvalue weighted by atomic mass is 32.1. The Bertz CT molecular complexity index is 1190. The first-order chi connectivity index (χ1) is 16.7. The number of rotatable bonds is 5. The smallest absolute Gasteiger partial charge is 0.335 e. The SMILES string of the molecule is O=C1Cc2cccn2C(=O)N1CC1CCCCC1CN1CCN(c2nsc3ccccc23)CC1. The molecule has 0 radical (unpaired) electrons. The van der Waals surface area contributed by atoms with Gasteiger partial charge in [-0.1, -0.05) is 25.0 Å². The minimum atomic E-state index is -0.176. The van der Waals surface area contributed by atoms with Crippen LogP contribution in [0.5, 0.6) is 0 Å². The molecule has 2 amide bonds. The Hall–Kier alpha value is -2.71. The average molecular weight is 478 g/mol. The van der Waals surface area contributed by atoms with E-state index in [9.17, 15) is 9.59 Å². The van der Waals surface area contributed by atoms with Crippen LogP contribution in [0.1, 0.15) is 31.4 Å². The summed E-state index contributed by atoms with van der Waals surface area (Å²) in [5.74, 6) is 2.00. The average Bonchev–Trinajstić information content (AvgIpc) is 3.50. The number of imide groups is 1. The minimum absolute atomic E-state index is 0.0513. The molecule has 2 fully saturated rings. The van der Waals surface area contributed by atoms with Gasteiger partial charge in [0.25, 0.3) is 0 Å². The molecule has 0 bridgehead atoms. The third-order valence-corrected chi connectivity index (χ3v) is 8.73. The fraction of sp³-hybridized carbons (Fsp3) is 0.500. The van der Waals surface area contributed by atoms with Crippen molar-refractivity contribution in [1.29, 1.82) is 0 Å². The molecule has 0 spiro atoms. The Morgan fingerprint density at radius 2 is 1.68 bits per heavy atom. The Balaban J connectivity index is 1.09. The molecule has 2 unspecified atom stereocenters. The molecule has 6 rings (SSSR count). The van der Waals surface area contributed by atoms with Gasteiger partial charge >= 0.3 is 6.03 Å². The van der Waals surface area contributed by atoms with Gasteiger partial charge in [0.2, 0.25) is 5.91 Å². The maximum atomic E-state index is 12.9. The Kier molecular flexibility index (Phi) is 5.87. The van der Waals surface area contributed by atoms with E-state index in [-0.39, 0.29) is 11.9 Å². The molecule has 2 aliphatic heterocycles.